The van der Waals surface area contributed by atoms with Crippen LogP contribution in [0.2, 0.25) is 0 Å². The smallest absolute Gasteiger partial charge is 0.416 e. The third-order valence-electron chi connectivity index (χ3n) is 5.95. The van der Waals surface area contributed by atoms with E-state index >= 15 is 0 Å². The fourth-order valence-corrected chi connectivity index (χ4v) is 4.94. The molecule has 3 heterocycles. The molecular formula is C23H23F3N4O3S. The fourth-order valence-electron chi connectivity index (χ4n) is 3.94. The van der Waals surface area contributed by atoms with Gasteiger partial charge in [-0.25, -0.2) is 9.78 Å². The summed E-state index contributed by atoms with van der Waals surface area (Å²) >= 11 is 1.05. The molecular weight excluding hydrogens is 469 g/mol. The quantitative estimate of drug-likeness (QED) is 0.511. The number of fused-ring (bicyclic) bond motifs is 1. The number of likely N-dealkylation sites (tertiary alicyclic amines) is 1. The molecule has 0 aliphatic carbocycles. The number of hydrogen-bond donors (Lipinski definition) is 0. The Morgan fingerprint density at radius 3 is 2.62 bits per heavy atom. The van der Waals surface area contributed by atoms with E-state index in [9.17, 15) is 22.8 Å². The first-order chi connectivity index (χ1) is 16.2. The first kappa shape index (κ1) is 23.9. The van der Waals surface area contributed by atoms with Crippen LogP contribution < -0.4 is 4.90 Å². The number of carbonyl (C=O) groups is 2. The van der Waals surface area contributed by atoms with Crippen LogP contribution in [0, 0.1) is 12.8 Å². The van der Waals surface area contributed by atoms with E-state index in [4.69, 9.17) is 4.74 Å². The third-order valence-corrected chi connectivity index (χ3v) is 7.00. The van der Waals surface area contributed by atoms with Crippen molar-refractivity contribution in [3.63, 3.8) is 0 Å². The second-order valence-corrected chi connectivity index (χ2v) is 9.14. The number of nitrogens with zero attached hydrogens (tertiary/aromatic N) is 4. The highest BCUT2D eigenvalue weighted by atomic mass is 32.1. The molecule has 1 aromatic carbocycles. The molecule has 1 aliphatic heterocycles. The Hall–Kier alpha value is -3.21. The molecule has 180 valence electrons. The van der Waals surface area contributed by atoms with E-state index in [0.717, 1.165) is 34.6 Å². The van der Waals surface area contributed by atoms with Crippen molar-refractivity contribution in [3.05, 3.63) is 53.3 Å². The van der Waals surface area contributed by atoms with Crippen molar-refractivity contribution >= 4 is 38.7 Å². The first-order valence-corrected chi connectivity index (χ1v) is 11.5. The van der Waals surface area contributed by atoms with Crippen molar-refractivity contribution < 1.29 is 27.5 Å². The summed E-state index contributed by atoms with van der Waals surface area (Å²) in [5.41, 5.74) is 1.40. The second kappa shape index (κ2) is 9.57. The molecule has 7 nitrogen and oxygen atoms in total. The average Bonchev–Trinajstić information content (AvgIpc) is 3.25. The van der Waals surface area contributed by atoms with Gasteiger partial charge < -0.3 is 9.64 Å². The van der Waals surface area contributed by atoms with Crippen LogP contribution in [0.4, 0.5) is 23.1 Å². The zero-order valence-electron chi connectivity index (χ0n) is 18.6. The molecule has 34 heavy (non-hydrogen) atoms. The number of alkyl halides is 3. The molecule has 0 bridgehead atoms. The number of anilines is 1. The number of thiazole rings is 1. The van der Waals surface area contributed by atoms with Gasteiger partial charge in [0.1, 0.15) is 0 Å². The van der Waals surface area contributed by atoms with Crippen LogP contribution >= 0.6 is 11.3 Å². The SMILES string of the molecule is COC(=O)N1CCC(C(=O)N(Cc2cnccc2C)c2nc3ccc(C(F)(F)F)cc3s2)CC1. The second-order valence-electron chi connectivity index (χ2n) is 8.13. The molecule has 4 rings (SSSR count). The highest BCUT2D eigenvalue weighted by Gasteiger charge is 2.34. The molecule has 0 atom stereocenters. The van der Waals surface area contributed by atoms with E-state index < -0.39 is 17.8 Å². The Morgan fingerprint density at radius 1 is 1.24 bits per heavy atom. The minimum Gasteiger partial charge on any atom is -0.453 e. The van der Waals surface area contributed by atoms with Crippen LogP contribution in [-0.4, -0.2) is 47.1 Å². The van der Waals surface area contributed by atoms with Crippen LogP contribution in [-0.2, 0) is 22.3 Å². The summed E-state index contributed by atoms with van der Waals surface area (Å²) in [6.45, 7) is 2.87. The lowest BCUT2D eigenvalue weighted by Gasteiger charge is -2.33. The molecule has 0 unspecified atom stereocenters. The monoisotopic (exact) mass is 492 g/mol. The predicted octanol–water partition coefficient (Wildman–Crippen LogP) is 5.03. The molecule has 2 aromatic heterocycles. The molecule has 0 spiro atoms. The van der Waals surface area contributed by atoms with Crippen molar-refractivity contribution in [1.82, 2.24) is 14.9 Å². The summed E-state index contributed by atoms with van der Waals surface area (Å²) < 4.78 is 44.6. The zero-order valence-corrected chi connectivity index (χ0v) is 19.4. The van der Waals surface area contributed by atoms with E-state index in [-0.39, 0.29) is 18.4 Å². The Balaban J connectivity index is 1.65. The first-order valence-electron chi connectivity index (χ1n) is 10.7. The van der Waals surface area contributed by atoms with E-state index in [0.29, 0.717) is 41.3 Å². The molecule has 0 saturated carbocycles. The van der Waals surface area contributed by atoms with Crippen molar-refractivity contribution in [3.8, 4) is 0 Å². The Labute approximate surface area is 198 Å². The van der Waals surface area contributed by atoms with Crippen LogP contribution in [0.15, 0.2) is 36.7 Å². The standard InChI is InChI=1S/C23H23F3N4O3S/c1-14-5-8-27-12-16(14)13-30(20(31)15-6-9-29(10-7-15)22(32)33-2)21-28-18-4-3-17(23(24,25)26)11-19(18)34-21/h3-5,8,11-12,15H,6-7,9-10,13H2,1-2H3. The molecule has 3 aromatic rings. The number of piperidine rings is 1. The highest BCUT2D eigenvalue weighted by molar-refractivity contribution is 7.22. The zero-order chi connectivity index (χ0) is 24.5. The van der Waals surface area contributed by atoms with Gasteiger partial charge in [-0.3, -0.25) is 14.7 Å². The summed E-state index contributed by atoms with van der Waals surface area (Å²) in [7, 11) is 1.31. The average molecular weight is 493 g/mol. The predicted molar refractivity (Wildman–Crippen MR) is 121 cm³/mol. The number of amides is 2. The number of halogens is 3. The summed E-state index contributed by atoms with van der Waals surface area (Å²) in [4.78, 5) is 37.1. The van der Waals surface area contributed by atoms with E-state index in [2.05, 4.69) is 9.97 Å². The minimum absolute atomic E-state index is 0.178. The van der Waals surface area contributed by atoms with Gasteiger partial charge in [-0.15, -0.1) is 0 Å². The third kappa shape index (κ3) is 4.98. The maximum atomic E-state index is 13.6. The van der Waals surface area contributed by atoms with Gasteiger partial charge in [0.25, 0.3) is 0 Å². The van der Waals surface area contributed by atoms with Gasteiger partial charge in [0.15, 0.2) is 5.13 Å². The minimum atomic E-state index is -4.46. The summed E-state index contributed by atoms with van der Waals surface area (Å²) in [6.07, 6.45) is -0.651. The number of hydrogen-bond acceptors (Lipinski definition) is 6. The van der Waals surface area contributed by atoms with Gasteiger partial charge in [0.2, 0.25) is 5.91 Å². The highest BCUT2D eigenvalue weighted by Crippen LogP contribution is 2.36. The summed E-state index contributed by atoms with van der Waals surface area (Å²) in [5, 5.41) is 0.331. The molecule has 11 heteroatoms. The lowest BCUT2D eigenvalue weighted by molar-refractivity contribution is -0.137. The number of aromatic nitrogens is 2. The number of benzene rings is 1. The fraction of sp³-hybridized carbons (Fsp3) is 0.391. The molecule has 1 fully saturated rings. The number of pyridine rings is 1. The normalized spacial score (nSPS) is 14.9. The number of ether oxygens (including phenoxy) is 1. The molecule has 2 amide bonds. The molecule has 1 aliphatic rings. The van der Waals surface area contributed by atoms with E-state index in [1.807, 2.05) is 13.0 Å². The number of rotatable bonds is 4. The van der Waals surface area contributed by atoms with E-state index in [1.165, 1.54) is 18.1 Å². The summed E-state index contributed by atoms with van der Waals surface area (Å²) in [6, 6.07) is 5.21. The number of aryl methyl sites for hydroxylation is 1. The Morgan fingerprint density at radius 2 is 1.97 bits per heavy atom. The topological polar surface area (TPSA) is 75.6 Å². The van der Waals surface area contributed by atoms with Crippen molar-refractivity contribution in [2.75, 3.05) is 25.1 Å². The number of methoxy groups -OCH3 is 1. The Kier molecular flexibility index (Phi) is 6.74. The van der Waals surface area contributed by atoms with Gasteiger partial charge >= 0.3 is 12.3 Å². The molecule has 1 saturated heterocycles. The van der Waals surface area contributed by atoms with Gasteiger partial charge in [-0.05, 0) is 55.2 Å². The van der Waals surface area contributed by atoms with Crippen LogP contribution in [0.5, 0.6) is 0 Å². The van der Waals surface area contributed by atoms with Crippen LogP contribution in [0.3, 0.4) is 0 Å². The largest absolute Gasteiger partial charge is 0.453 e. The van der Waals surface area contributed by atoms with Crippen molar-refractivity contribution in [2.24, 2.45) is 5.92 Å². The molecule has 0 radical (unpaired) electrons. The number of carbonyl (C=O) groups excluding carboxylic acids is 2. The van der Waals surface area contributed by atoms with Gasteiger partial charge in [0.05, 0.1) is 29.4 Å². The lowest BCUT2D eigenvalue weighted by atomic mass is 9.95. The van der Waals surface area contributed by atoms with Crippen LogP contribution in [0.1, 0.15) is 29.5 Å². The van der Waals surface area contributed by atoms with Crippen molar-refractivity contribution in [2.45, 2.75) is 32.5 Å². The lowest BCUT2D eigenvalue weighted by Crippen LogP contribution is -2.44. The Bertz CT molecular complexity index is 1210. The molecule has 0 N–H and O–H groups in total. The van der Waals surface area contributed by atoms with Gasteiger partial charge in [0, 0.05) is 31.4 Å². The van der Waals surface area contributed by atoms with Crippen molar-refractivity contribution in [1.29, 1.82) is 0 Å². The van der Waals surface area contributed by atoms with E-state index in [1.54, 1.807) is 17.3 Å². The summed E-state index contributed by atoms with van der Waals surface area (Å²) in [5.74, 6) is -0.529. The maximum Gasteiger partial charge on any atom is 0.416 e. The van der Waals surface area contributed by atoms with Gasteiger partial charge in [-0.2, -0.15) is 13.2 Å². The van der Waals surface area contributed by atoms with Gasteiger partial charge in [-0.1, -0.05) is 11.3 Å². The van der Waals surface area contributed by atoms with Crippen LogP contribution in [0.25, 0.3) is 10.2 Å². The maximum absolute atomic E-state index is 13.6.